The molecule has 3 aromatic carbocycles. The molecule has 0 bridgehead atoms. The summed E-state index contributed by atoms with van der Waals surface area (Å²) in [6, 6.07) is 19.1. The molecule has 0 aliphatic carbocycles. The first-order valence-corrected chi connectivity index (χ1v) is 10.1. The van der Waals surface area contributed by atoms with Gasteiger partial charge in [-0.25, -0.2) is 9.18 Å². The molecule has 0 saturated carbocycles. The van der Waals surface area contributed by atoms with E-state index >= 15 is 0 Å². The van der Waals surface area contributed by atoms with Gasteiger partial charge in [-0.05, 0) is 53.6 Å². The van der Waals surface area contributed by atoms with Gasteiger partial charge < -0.3 is 19.5 Å². The number of anilines is 1. The zero-order chi connectivity index (χ0) is 24.5. The number of carbonyl (C=O) groups excluding carboxylic acids is 2. The number of esters is 1. The number of para-hydroxylation sites is 1. The van der Waals surface area contributed by atoms with Crippen LogP contribution in [0.15, 0.2) is 72.3 Å². The van der Waals surface area contributed by atoms with E-state index in [2.05, 4.69) is 5.32 Å². The van der Waals surface area contributed by atoms with Crippen molar-refractivity contribution >= 4 is 23.6 Å². The smallest absolute Gasteiger partial charge is 0.339 e. The van der Waals surface area contributed by atoms with Gasteiger partial charge in [0.2, 0.25) is 0 Å². The minimum Gasteiger partial charge on any atom is -0.493 e. The fraction of sp³-hybridized carbons (Fsp3) is 0.115. The van der Waals surface area contributed by atoms with E-state index in [9.17, 15) is 19.2 Å². The number of hydrogen-bond acceptors (Lipinski definition) is 6. The Morgan fingerprint density at radius 2 is 1.76 bits per heavy atom. The predicted octanol–water partition coefficient (Wildman–Crippen LogP) is 4.75. The zero-order valence-electron chi connectivity index (χ0n) is 18.5. The molecule has 172 valence electrons. The van der Waals surface area contributed by atoms with Crippen molar-refractivity contribution < 1.29 is 28.2 Å². The highest BCUT2D eigenvalue weighted by Crippen LogP contribution is 2.30. The van der Waals surface area contributed by atoms with Crippen molar-refractivity contribution in [2.24, 2.45) is 0 Å². The maximum atomic E-state index is 13.1. The SMILES string of the molecule is COC(=O)c1ccccc1NC(=O)C(C#N)=Cc1ccc(OCc2ccc(F)cc2)c(OC)c1. The number of rotatable bonds is 8. The molecule has 0 heterocycles. The van der Waals surface area contributed by atoms with Crippen LogP contribution in [-0.4, -0.2) is 26.1 Å². The largest absolute Gasteiger partial charge is 0.493 e. The highest BCUT2D eigenvalue weighted by Gasteiger charge is 2.16. The second kappa shape index (κ2) is 11.3. The van der Waals surface area contributed by atoms with Crippen molar-refractivity contribution in [2.75, 3.05) is 19.5 Å². The molecule has 0 spiro atoms. The normalized spacial score (nSPS) is 10.7. The summed E-state index contributed by atoms with van der Waals surface area (Å²) in [5, 5.41) is 12.1. The third kappa shape index (κ3) is 5.99. The van der Waals surface area contributed by atoms with E-state index in [0.29, 0.717) is 17.1 Å². The number of hydrogen-bond donors (Lipinski definition) is 1. The number of nitriles is 1. The van der Waals surface area contributed by atoms with Crippen molar-refractivity contribution in [3.63, 3.8) is 0 Å². The average molecular weight is 460 g/mol. The summed E-state index contributed by atoms with van der Waals surface area (Å²) < 4.78 is 28.9. The number of nitrogens with zero attached hydrogens (tertiary/aromatic N) is 1. The highest BCUT2D eigenvalue weighted by atomic mass is 19.1. The Bertz CT molecular complexity index is 1260. The van der Waals surface area contributed by atoms with Gasteiger partial charge in [-0.1, -0.05) is 30.3 Å². The van der Waals surface area contributed by atoms with E-state index in [4.69, 9.17) is 14.2 Å². The molecule has 1 amide bonds. The van der Waals surface area contributed by atoms with E-state index in [-0.39, 0.29) is 29.2 Å². The number of halogens is 1. The first kappa shape index (κ1) is 24.0. The number of nitrogens with one attached hydrogen (secondary N) is 1. The van der Waals surface area contributed by atoms with Crippen LogP contribution in [0.5, 0.6) is 11.5 Å². The molecular formula is C26H21FN2O5. The fourth-order valence-corrected chi connectivity index (χ4v) is 3.02. The van der Waals surface area contributed by atoms with Gasteiger partial charge in [0.15, 0.2) is 11.5 Å². The maximum absolute atomic E-state index is 13.1. The monoisotopic (exact) mass is 460 g/mol. The molecule has 0 aromatic heterocycles. The van der Waals surface area contributed by atoms with Crippen LogP contribution in [-0.2, 0) is 16.1 Å². The van der Waals surface area contributed by atoms with E-state index in [1.807, 2.05) is 6.07 Å². The van der Waals surface area contributed by atoms with Crippen LogP contribution >= 0.6 is 0 Å². The van der Waals surface area contributed by atoms with Gasteiger partial charge in [0.1, 0.15) is 24.1 Å². The van der Waals surface area contributed by atoms with Crippen molar-refractivity contribution in [1.29, 1.82) is 5.26 Å². The van der Waals surface area contributed by atoms with Crippen LogP contribution in [0.25, 0.3) is 6.08 Å². The second-order valence-corrected chi connectivity index (χ2v) is 6.99. The van der Waals surface area contributed by atoms with Crippen molar-refractivity contribution in [1.82, 2.24) is 0 Å². The molecule has 3 aromatic rings. The predicted molar refractivity (Wildman–Crippen MR) is 124 cm³/mol. The van der Waals surface area contributed by atoms with Gasteiger partial charge in [0.25, 0.3) is 5.91 Å². The molecule has 0 saturated heterocycles. The van der Waals surface area contributed by atoms with Gasteiger partial charge in [0, 0.05) is 0 Å². The van der Waals surface area contributed by atoms with Gasteiger partial charge in [-0.3, -0.25) is 4.79 Å². The van der Waals surface area contributed by atoms with Gasteiger partial charge in [-0.2, -0.15) is 5.26 Å². The van der Waals surface area contributed by atoms with Crippen LogP contribution in [0.3, 0.4) is 0 Å². The van der Waals surface area contributed by atoms with Crippen LogP contribution in [0.1, 0.15) is 21.5 Å². The quantitative estimate of drug-likeness (QED) is 0.296. The number of benzene rings is 3. The lowest BCUT2D eigenvalue weighted by Gasteiger charge is -2.12. The molecule has 0 aliphatic rings. The topological polar surface area (TPSA) is 97.7 Å². The van der Waals surface area contributed by atoms with Crippen LogP contribution < -0.4 is 14.8 Å². The Kier molecular flexibility index (Phi) is 7.97. The lowest BCUT2D eigenvalue weighted by atomic mass is 10.1. The number of carbonyl (C=O) groups is 2. The van der Waals surface area contributed by atoms with Gasteiger partial charge >= 0.3 is 5.97 Å². The summed E-state index contributed by atoms with van der Waals surface area (Å²) in [6.07, 6.45) is 1.39. The van der Waals surface area contributed by atoms with E-state index in [1.54, 1.807) is 42.5 Å². The summed E-state index contributed by atoms with van der Waals surface area (Å²) >= 11 is 0. The summed E-state index contributed by atoms with van der Waals surface area (Å²) in [5.41, 5.74) is 1.52. The van der Waals surface area contributed by atoms with Crippen molar-refractivity contribution in [3.8, 4) is 17.6 Å². The minimum atomic E-state index is -0.686. The van der Waals surface area contributed by atoms with E-state index < -0.39 is 11.9 Å². The molecule has 8 heteroatoms. The molecule has 34 heavy (non-hydrogen) atoms. The minimum absolute atomic E-state index is 0.167. The standard InChI is InChI=1S/C26H21FN2O5/c1-32-24-14-18(9-12-23(24)34-16-17-7-10-20(27)11-8-17)13-19(15-28)25(30)29-22-6-4-3-5-21(22)26(31)33-2/h3-14H,16H2,1-2H3,(H,29,30). The first-order chi connectivity index (χ1) is 16.4. The van der Waals surface area contributed by atoms with Crippen LogP contribution in [0, 0.1) is 17.1 Å². The molecule has 0 atom stereocenters. The molecule has 0 radical (unpaired) electrons. The van der Waals surface area contributed by atoms with Crippen LogP contribution in [0.2, 0.25) is 0 Å². The lowest BCUT2D eigenvalue weighted by Crippen LogP contribution is -2.16. The summed E-state index contributed by atoms with van der Waals surface area (Å²) in [6.45, 7) is 0.206. The Morgan fingerprint density at radius 1 is 1.03 bits per heavy atom. The Hall–Kier alpha value is -4.64. The van der Waals surface area contributed by atoms with Crippen molar-refractivity contribution in [2.45, 2.75) is 6.61 Å². The summed E-state index contributed by atoms with van der Waals surface area (Å²) in [4.78, 5) is 24.6. The second-order valence-electron chi connectivity index (χ2n) is 6.99. The number of amides is 1. The Labute approximate surface area is 196 Å². The van der Waals surface area contributed by atoms with E-state index in [0.717, 1.165) is 5.56 Å². The van der Waals surface area contributed by atoms with Crippen molar-refractivity contribution in [3.05, 3.63) is 94.8 Å². The third-order valence-corrected chi connectivity index (χ3v) is 4.75. The molecule has 0 fully saturated rings. The number of methoxy groups -OCH3 is 2. The molecule has 1 N–H and O–H groups in total. The highest BCUT2D eigenvalue weighted by molar-refractivity contribution is 6.12. The van der Waals surface area contributed by atoms with Crippen LogP contribution in [0.4, 0.5) is 10.1 Å². The lowest BCUT2D eigenvalue weighted by molar-refractivity contribution is -0.112. The molecule has 3 rings (SSSR count). The summed E-state index contributed by atoms with van der Waals surface area (Å²) in [7, 11) is 2.71. The molecular weight excluding hydrogens is 439 g/mol. The zero-order valence-corrected chi connectivity index (χ0v) is 18.5. The Balaban J connectivity index is 1.78. The first-order valence-electron chi connectivity index (χ1n) is 10.1. The molecule has 0 aliphatic heterocycles. The third-order valence-electron chi connectivity index (χ3n) is 4.75. The maximum Gasteiger partial charge on any atom is 0.339 e. The molecule has 7 nitrogen and oxygen atoms in total. The number of ether oxygens (including phenoxy) is 3. The fourth-order valence-electron chi connectivity index (χ4n) is 3.02. The Morgan fingerprint density at radius 3 is 2.44 bits per heavy atom. The molecule has 0 unspecified atom stereocenters. The van der Waals surface area contributed by atoms with Gasteiger partial charge in [0.05, 0.1) is 25.5 Å². The van der Waals surface area contributed by atoms with E-state index in [1.165, 1.54) is 44.6 Å². The van der Waals surface area contributed by atoms with Gasteiger partial charge in [-0.15, -0.1) is 0 Å². The summed E-state index contributed by atoms with van der Waals surface area (Å²) in [5.74, 6) is -0.791. The average Bonchev–Trinajstić information content (AvgIpc) is 2.87.